The molecule has 0 spiro atoms. The molecule has 9 heteroatoms. The van der Waals surface area contributed by atoms with Gasteiger partial charge in [0.15, 0.2) is 0 Å². The molecule has 154 valence electrons. The minimum Gasteiger partial charge on any atom is -0.462 e. The van der Waals surface area contributed by atoms with Crippen molar-refractivity contribution in [2.45, 2.75) is 39.5 Å². The van der Waals surface area contributed by atoms with Crippen LogP contribution in [0.25, 0.3) is 0 Å². The Labute approximate surface area is 177 Å². The summed E-state index contributed by atoms with van der Waals surface area (Å²) in [5, 5.41) is 14.3. The zero-order chi connectivity index (χ0) is 21.1. The predicted molar refractivity (Wildman–Crippen MR) is 112 cm³/mol. The highest BCUT2D eigenvalue weighted by molar-refractivity contribution is 7.17. The summed E-state index contributed by atoms with van der Waals surface area (Å²) in [5.41, 5.74) is 1.06. The van der Waals surface area contributed by atoms with Crippen LogP contribution in [-0.2, 0) is 17.6 Å². The van der Waals surface area contributed by atoms with Gasteiger partial charge in [-0.2, -0.15) is 0 Å². The first-order valence-electron chi connectivity index (χ1n) is 9.42. The third kappa shape index (κ3) is 4.43. The second-order valence-electron chi connectivity index (χ2n) is 6.82. The maximum Gasteiger partial charge on any atom is 0.341 e. The quantitative estimate of drug-likeness (QED) is 0.378. The number of fused-ring (bicyclic) bond motifs is 1. The van der Waals surface area contributed by atoms with Gasteiger partial charge < -0.3 is 10.1 Å². The van der Waals surface area contributed by atoms with Gasteiger partial charge in [0.25, 0.3) is 11.6 Å². The molecule has 0 saturated carbocycles. The Morgan fingerprint density at radius 1 is 1.38 bits per heavy atom. The lowest BCUT2D eigenvalue weighted by molar-refractivity contribution is -0.384. The lowest BCUT2D eigenvalue weighted by Gasteiger charge is -2.20. The van der Waals surface area contributed by atoms with E-state index in [0.717, 1.165) is 42.2 Å². The van der Waals surface area contributed by atoms with Crippen molar-refractivity contribution in [1.82, 2.24) is 0 Å². The number of nitrogens with zero attached hydrogens (tertiary/aromatic N) is 1. The Balaban J connectivity index is 1.97. The van der Waals surface area contributed by atoms with E-state index in [1.165, 1.54) is 23.5 Å². The van der Waals surface area contributed by atoms with Gasteiger partial charge in [0.1, 0.15) is 5.00 Å². The first kappa shape index (κ1) is 21.3. The van der Waals surface area contributed by atoms with Crippen molar-refractivity contribution in [3.05, 3.63) is 54.9 Å². The summed E-state index contributed by atoms with van der Waals surface area (Å²) in [5.74, 6) is -0.527. The molecule has 0 radical (unpaired) electrons. The van der Waals surface area contributed by atoms with Gasteiger partial charge in [0, 0.05) is 17.0 Å². The molecule has 1 aliphatic carbocycles. The molecule has 7 nitrogen and oxygen atoms in total. The monoisotopic (exact) mass is 436 g/mol. The van der Waals surface area contributed by atoms with Gasteiger partial charge in [-0.05, 0) is 43.7 Å². The minimum atomic E-state index is -0.602. The highest BCUT2D eigenvalue weighted by atomic mass is 35.5. The number of rotatable bonds is 6. The van der Waals surface area contributed by atoms with Gasteiger partial charge in [-0.25, -0.2) is 4.79 Å². The second-order valence-corrected chi connectivity index (χ2v) is 8.33. The van der Waals surface area contributed by atoms with Gasteiger partial charge in [-0.1, -0.05) is 24.9 Å². The summed E-state index contributed by atoms with van der Waals surface area (Å²) in [6.45, 7) is 4.10. The van der Waals surface area contributed by atoms with E-state index in [0.29, 0.717) is 16.5 Å². The minimum absolute atomic E-state index is 0.0199. The third-order valence-corrected chi connectivity index (χ3v) is 6.56. The molecule has 1 atom stereocenters. The maximum atomic E-state index is 12.8. The van der Waals surface area contributed by atoms with Crippen LogP contribution in [0, 0.1) is 16.0 Å². The van der Waals surface area contributed by atoms with Crippen LogP contribution in [0.2, 0.25) is 5.02 Å². The first-order chi connectivity index (χ1) is 13.8. The number of amides is 1. The predicted octanol–water partition coefficient (Wildman–Crippen LogP) is 5.25. The Morgan fingerprint density at radius 2 is 2.14 bits per heavy atom. The van der Waals surface area contributed by atoms with Crippen molar-refractivity contribution in [2.75, 3.05) is 11.9 Å². The molecule has 1 aliphatic rings. The van der Waals surface area contributed by atoms with Crippen LogP contribution in [-0.4, -0.2) is 23.4 Å². The number of nitro benzene ring substituents is 1. The van der Waals surface area contributed by atoms with Crippen LogP contribution in [0.5, 0.6) is 0 Å². The van der Waals surface area contributed by atoms with E-state index >= 15 is 0 Å². The van der Waals surface area contributed by atoms with E-state index in [4.69, 9.17) is 16.3 Å². The maximum absolute atomic E-state index is 12.8. The molecule has 0 bridgehead atoms. The van der Waals surface area contributed by atoms with Crippen molar-refractivity contribution in [3.8, 4) is 0 Å². The van der Waals surface area contributed by atoms with Crippen molar-refractivity contribution < 1.29 is 19.2 Å². The molecule has 1 N–H and O–H groups in total. The molecule has 3 rings (SSSR count). The zero-order valence-corrected chi connectivity index (χ0v) is 17.7. The van der Waals surface area contributed by atoms with Gasteiger partial charge in [0.2, 0.25) is 0 Å². The summed E-state index contributed by atoms with van der Waals surface area (Å²) in [7, 11) is 0. The normalized spacial score (nSPS) is 15.5. The molecular formula is C20H21ClN2O5S. The second kappa shape index (κ2) is 8.92. The molecule has 1 aromatic heterocycles. The molecule has 1 aromatic carbocycles. The number of carbonyl (C=O) groups is 2. The van der Waals surface area contributed by atoms with Crippen LogP contribution < -0.4 is 5.32 Å². The number of hydrogen-bond donors (Lipinski definition) is 1. The summed E-state index contributed by atoms with van der Waals surface area (Å²) in [6, 6.07) is 3.67. The number of halogens is 1. The van der Waals surface area contributed by atoms with E-state index in [1.807, 2.05) is 0 Å². The third-order valence-electron chi connectivity index (χ3n) is 5.06. The lowest BCUT2D eigenvalue weighted by Crippen LogP contribution is -2.17. The summed E-state index contributed by atoms with van der Waals surface area (Å²) < 4.78 is 5.21. The van der Waals surface area contributed by atoms with E-state index in [9.17, 15) is 19.7 Å². The molecule has 1 amide bonds. The number of non-ortho nitro benzene ring substituents is 1. The Hall–Kier alpha value is -2.45. The number of nitro groups is 1. The Kier molecular flexibility index (Phi) is 6.54. The van der Waals surface area contributed by atoms with Crippen molar-refractivity contribution in [3.63, 3.8) is 0 Å². The van der Waals surface area contributed by atoms with Crippen molar-refractivity contribution >= 4 is 45.5 Å². The smallest absolute Gasteiger partial charge is 0.341 e. The van der Waals surface area contributed by atoms with Crippen LogP contribution in [0.15, 0.2) is 18.2 Å². The SMILES string of the molecule is CCOC(=O)c1c(NC(=O)c2cc([N+](=O)[O-])ccc2Cl)sc2c1CCC(CC)C2. The van der Waals surface area contributed by atoms with Gasteiger partial charge in [0.05, 0.1) is 27.7 Å². The molecule has 1 heterocycles. The molecule has 2 aromatic rings. The summed E-state index contributed by atoms with van der Waals surface area (Å²) in [4.78, 5) is 36.9. The highest BCUT2D eigenvalue weighted by Crippen LogP contribution is 2.41. The topological polar surface area (TPSA) is 98.5 Å². The number of hydrogen-bond acceptors (Lipinski definition) is 6. The standard InChI is InChI=1S/C20H21ClN2O5S/c1-3-11-5-7-13-16(9-11)29-19(17(13)20(25)28-4-2)22-18(24)14-10-12(23(26)27)6-8-15(14)21/h6,8,10-11H,3-5,7,9H2,1-2H3,(H,22,24). The molecular weight excluding hydrogens is 416 g/mol. The molecule has 0 saturated heterocycles. The van der Waals surface area contributed by atoms with Gasteiger partial charge in [-0.15, -0.1) is 11.3 Å². The van der Waals surface area contributed by atoms with Crippen LogP contribution >= 0.6 is 22.9 Å². The number of benzene rings is 1. The number of anilines is 1. The average Bonchev–Trinajstić information content (AvgIpc) is 3.04. The number of ether oxygens (including phenoxy) is 1. The molecule has 1 unspecified atom stereocenters. The number of esters is 1. The van der Waals surface area contributed by atoms with Crippen LogP contribution in [0.4, 0.5) is 10.7 Å². The fourth-order valence-electron chi connectivity index (χ4n) is 3.48. The van der Waals surface area contributed by atoms with Crippen LogP contribution in [0.1, 0.15) is 57.8 Å². The van der Waals surface area contributed by atoms with Crippen molar-refractivity contribution in [2.24, 2.45) is 5.92 Å². The van der Waals surface area contributed by atoms with Crippen molar-refractivity contribution in [1.29, 1.82) is 0 Å². The fraction of sp³-hybridized carbons (Fsp3) is 0.400. The Bertz CT molecular complexity index is 972. The zero-order valence-electron chi connectivity index (χ0n) is 16.1. The van der Waals surface area contributed by atoms with E-state index in [1.54, 1.807) is 6.92 Å². The first-order valence-corrected chi connectivity index (χ1v) is 10.6. The fourth-order valence-corrected chi connectivity index (χ4v) is 5.03. The largest absolute Gasteiger partial charge is 0.462 e. The van der Waals surface area contributed by atoms with Gasteiger partial charge >= 0.3 is 5.97 Å². The average molecular weight is 437 g/mol. The highest BCUT2D eigenvalue weighted by Gasteiger charge is 2.30. The Morgan fingerprint density at radius 3 is 2.79 bits per heavy atom. The lowest BCUT2D eigenvalue weighted by atomic mass is 9.85. The number of thiophene rings is 1. The summed E-state index contributed by atoms with van der Waals surface area (Å²) >= 11 is 7.45. The molecule has 29 heavy (non-hydrogen) atoms. The molecule has 0 aliphatic heterocycles. The number of carbonyl (C=O) groups excluding carboxylic acids is 2. The van der Waals surface area contributed by atoms with E-state index in [-0.39, 0.29) is 22.9 Å². The number of nitrogens with one attached hydrogen (secondary N) is 1. The van der Waals surface area contributed by atoms with E-state index < -0.39 is 16.8 Å². The van der Waals surface area contributed by atoms with Gasteiger partial charge in [-0.3, -0.25) is 14.9 Å². The van der Waals surface area contributed by atoms with Crippen LogP contribution in [0.3, 0.4) is 0 Å². The summed E-state index contributed by atoms with van der Waals surface area (Å²) in [6.07, 6.45) is 3.65. The molecule has 0 fully saturated rings. The van der Waals surface area contributed by atoms with E-state index in [2.05, 4.69) is 12.2 Å².